The van der Waals surface area contributed by atoms with Crippen molar-refractivity contribution in [3.63, 3.8) is 0 Å². The molecule has 1 heterocycles. The van der Waals surface area contributed by atoms with Crippen LogP contribution in [0.4, 0.5) is 10.5 Å². The fourth-order valence-corrected chi connectivity index (χ4v) is 2.53. The maximum atomic E-state index is 11.9. The maximum absolute atomic E-state index is 11.9. The summed E-state index contributed by atoms with van der Waals surface area (Å²) in [5.74, 6) is -0.441. The fourth-order valence-electron chi connectivity index (χ4n) is 2.53. The average Bonchev–Trinajstić information content (AvgIpc) is 2.57. The van der Waals surface area contributed by atoms with Gasteiger partial charge in [-0.1, -0.05) is 18.2 Å². The number of rotatable bonds is 2. The van der Waals surface area contributed by atoms with Crippen LogP contribution in [0.2, 0.25) is 0 Å². The molecule has 0 saturated carbocycles. The summed E-state index contributed by atoms with van der Waals surface area (Å²) >= 11 is 0. The highest BCUT2D eigenvalue weighted by atomic mass is 16.3. The molecule has 4 N–H and O–H groups in total. The molecule has 6 heteroatoms. The average molecular weight is 277 g/mol. The summed E-state index contributed by atoms with van der Waals surface area (Å²) in [6.45, 7) is 2.36. The molecule has 2 atom stereocenters. The number of urea groups is 1. The van der Waals surface area contributed by atoms with E-state index in [1.54, 1.807) is 6.92 Å². The number of nitrogens with one attached hydrogen (secondary N) is 1. The van der Waals surface area contributed by atoms with Crippen LogP contribution in [0.15, 0.2) is 24.3 Å². The smallest absolute Gasteiger partial charge is 0.318 e. The predicted molar refractivity (Wildman–Crippen MR) is 75.2 cm³/mol. The van der Waals surface area contributed by atoms with Crippen molar-refractivity contribution in [3.05, 3.63) is 29.8 Å². The molecular weight excluding hydrogens is 258 g/mol. The molecule has 0 bridgehead atoms. The van der Waals surface area contributed by atoms with Crippen LogP contribution in [0.3, 0.4) is 0 Å². The van der Waals surface area contributed by atoms with Crippen molar-refractivity contribution in [2.75, 3.05) is 11.4 Å². The SMILES string of the molecule is CC(C(=O)NC(N)=O)N1CCCC(O)c2ccccc21. The fraction of sp³-hybridized carbons (Fsp3) is 0.429. The third-order valence-electron chi connectivity index (χ3n) is 3.58. The van der Waals surface area contributed by atoms with Crippen LogP contribution in [0.1, 0.15) is 31.4 Å². The molecule has 108 valence electrons. The lowest BCUT2D eigenvalue weighted by atomic mass is 10.0. The number of fused-ring (bicyclic) bond motifs is 1. The number of para-hydroxylation sites is 1. The summed E-state index contributed by atoms with van der Waals surface area (Å²) in [6, 6.07) is 6.07. The standard InChI is InChI=1S/C14H19N3O3/c1-9(13(19)16-14(15)20)17-8-4-7-12(18)10-5-2-3-6-11(10)17/h2-3,5-6,9,12,18H,4,7-8H2,1H3,(H3,15,16,19,20). The summed E-state index contributed by atoms with van der Waals surface area (Å²) in [6.07, 6.45) is 0.893. The number of imide groups is 1. The zero-order valence-corrected chi connectivity index (χ0v) is 11.4. The van der Waals surface area contributed by atoms with Gasteiger partial charge in [-0.05, 0) is 25.8 Å². The molecule has 0 aromatic heterocycles. The van der Waals surface area contributed by atoms with Crippen LogP contribution in [-0.4, -0.2) is 29.6 Å². The van der Waals surface area contributed by atoms with Gasteiger partial charge in [-0.15, -0.1) is 0 Å². The van der Waals surface area contributed by atoms with E-state index in [-0.39, 0.29) is 0 Å². The summed E-state index contributed by atoms with van der Waals surface area (Å²) in [5, 5.41) is 12.2. The number of primary amides is 1. The second kappa shape index (κ2) is 5.92. The second-order valence-electron chi connectivity index (χ2n) is 4.94. The second-order valence-corrected chi connectivity index (χ2v) is 4.94. The van der Waals surface area contributed by atoms with Gasteiger partial charge < -0.3 is 15.7 Å². The first-order valence-electron chi connectivity index (χ1n) is 6.64. The highest BCUT2D eigenvalue weighted by molar-refractivity contribution is 5.97. The number of hydrogen-bond donors (Lipinski definition) is 3. The number of amides is 3. The molecule has 1 aliphatic rings. The van der Waals surface area contributed by atoms with E-state index in [1.165, 1.54) is 0 Å². The van der Waals surface area contributed by atoms with Gasteiger partial charge in [-0.2, -0.15) is 0 Å². The number of hydrogen-bond acceptors (Lipinski definition) is 4. The van der Waals surface area contributed by atoms with Crippen molar-refractivity contribution in [3.8, 4) is 0 Å². The summed E-state index contributed by atoms with van der Waals surface area (Å²) in [4.78, 5) is 24.6. The number of benzene rings is 1. The highest BCUT2D eigenvalue weighted by Gasteiger charge is 2.28. The van der Waals surface area contributed by atoms with Gasteiger partial charge in [-0.25, -0.2) is 4.79 Å². The third kappa shape index (κ3) is 2.91. The van der Waals surface area contributed by atoms with Crippen LogP contribution < -0.4 is 16.0 Å². The molecule has 1 aromatic rings. The van der Waals surface area contributed by atoms with Gasteiger partial charge in [-0.3, -0.25) is 10.1 Å². The Kier molecular flexibility index (Phi) is 4.24. The number of aliphatic hydroxyl groups is 1. The molecule has 0 radical (unpaired) electrons. The van der Waals surface area contributed by atoms with Gasteiger partial charge in [0.1, 0.15) is 6.04 Å². The zero-order chi connectivity index (χ0) is 14.7. The molecule has 20 heavy (non-hydrogen) atoms. The van der Waals surface area contributed by atoms with Crippen LogP contribution in [0.25, 0.3) is 0 Å². The van der Waals surface area contributed by atoms with Crippen LogP contribution in [-0.2, 0) is 4.79 Å². The van der Waals surface area contributed by atoms with E-state index in [0.717, 1.165) is 17.7 Å². The van der Waals surface area contributed by atoms with Crippen molar-refractivity contribution in [2.24, 2.45) is 5.73 Å². The Labute approximate surface area is 117 Å². The van der Waals surface area contributed by atoms with Gasteiger partial charge in [0.15, 0.2) is 0 Å². The number of aliphatic hydroxyl groups excluding tert-OH is 1. The van der Waals surface area contributed by atoms with E-state index in [2.05, 4.69) is 5.32 Å². The van der Waals surface area contributed by atoms with Crippen molar-refractivity contribution in [1.29, 1.82) is 0 Å². The molecule has 0 fully saturated rings. The third-order valence-corrected chi connectivity index (χ3v) is 3.58. The highest BCUT2D eigenvalue weighted by Crippen LogP contribution is 2.33. The lowest BCUT2D eigenvalue weighted by Gasteiger charge is -2.30. The van der Waals surface area contributed by atoms with E-state index in [1.807, 2.05) is 29.2 Å². The minimum Gasteiger partial charge on any atom is -0.388 e. The molecule has 3 amide bonds. The van der Waals surface area contributed by atoms with E-state index < -0.39 is 24.1 Å². The number of nitrogens with two attached hydrogens (primary N) is 1. The van der Waals surface area contributed by atoms with Crippen LogP contribution in [0, 0.1) is 0 Å². The van der Waals surface area contributed by atoms with E-state index in [4.69, 9.17) is 5.73 Å². The lowest BCUT2D eigenvalue weighted by Crippen LogP contribution is -2.49. The first kappa shape index (κ1) is 14.3. The number of anilines is 1. The minimum atomic E-state index is -0.856. The normalized spacial score (nSPS) is 19.7. The Bertz CT molecular complexity index is 518. The Morgan fingerprint density at radius 3 is 2.85 bits per heavy atom. The molecule has 0 aliphatic carbocycles. The Morgan fingerprint density at radius 2 is 2.15 bits per heavy atom. The first-order chi connectivity index (χ1) is 9.50. The Morgan fingerprint density at radius 1 is 1.45 bits per heavy atom. The number of nitrogens with zero attached hydrogens (tertiary/aromatic N) is 1. The summed E-state index contributed by atoms with van der Waals surface area (Å²) < 4.78 is 0. The molecule has 6 nitrogen and oxygen atoms in total. The largest absolute Gasteiger partial charge is 0.388 e. The quantitative estimate of drug-likeness (QED) is 0.748. The van der Waals surface area contributed by atoms with Crippen LogP contribution in [0.5, 0.6) is 0 Å². The van der Waals surface area contributed by atoms with Crippen molar-refractivity contribution >= 4 is 17.6 Å². The van der Waals surface area contributed by atoms with Gasteiger partial charge >= 0.3 is 6.03 Å². The van der Waals surface area contributed by atoms with Crippen LogP contribution >= 0.6 is 0 Å². The maximum Gasteiger partial charge on any atom is 0.318 e. The Balaban J connectivity index is 2.29. The minimum absolute atomic E-state index is 0.441. The van der Waals surface area contributed by atoms with Crippen molar-refractivity contribution in [1.82, 2.24) is 5.32 Å². The monoisotopic (exact) mass is 277 g/mol. The van der Waals surface area contributed by atoms with Gasteiger partial charge in [0, 0.05) is 17.8 Å². The number of carbonyl (C=O) groups excluding carboxylic acids is 2. The molecule has 2 rings (SSSR count). The molecule has 2 unspecified atom stereocenters. The molecule has 0 saturated heterocycles. The van der Waals surface area contributed by atoms with E-state index >= 15 is 0 Å². The van der Waals surface area contributed by atoms with Crippen molar-refractivity contribution < 1.29 is 14.7 Å². The van der Waals surface area contributed by atoms with Crippen molar-refractivity contribution in [2.45, 2.75) is 31.9 Å². The van der Waals surface area contributed by atoms with Gasteiger partial charge in [0.25, 0.3) is 0 Å². The van der Waals surface area contributed by atoms with E-state index in [9.17, 15) is 14.7 Å². The molecule has 0 spiro atoms. The predicted octanol–water partition coefficient (Wildman–Crippen LogP) is 0.904. The topological polar surface area (TPSA) is 95.7 Å². The van der Waals surface area contributed by atoms with E-state index in [0.29, 0.717) is 13.0 Å². The zero-order valence-electron chi connectivity index (χ0n) is 11.4. The first-order valence-corrected chi connectivity index (χ1v) is 6.64. The molecule has 1 aliphatic heterocycles. The summed E-state index contributed by atoms with van der Waals surface area (Å²) in [5.41, 5.74) is 6.61. The molecular formula is C14H19N3O3. The van der Waals surface area contributed by atoms with Gasteiger partial charge in [0.05, 0.1) is 6.10 Å². The van der Waals surface area contributed by atoms with Gasteiger partial charge in [0.2, 0.25) is 5.91 Å². The lowest BCUT2D eigenvalue weighted by molar-refractivity contribution is -0.120. The molecule has 1 aromatic carbocycles. The Hall–Kier alpha value is -2.08. The number of carbonyl (C=O) groups is 2. The summed E-state index contributed by atoms with van der Waals surface area (Å²) in [7, 11) is 0.